The fourth-order valence-corrected chi connectivity index (χ4v) is 3.90. The minimum atomic E-state index is -0.355. The van der Waals surface area contributed by atoms with E-state index in [0.717, 1.165) is 35.4 Å². The van der Waals surface area contributed by atoms with Crippen LogP contribution in [0.25, 0.3) is 0 Å². The molecule has 0 aliphatic heterocycles. The minimum Gasteiger partial charge on any atom is -0.465 e. The molecule has 0 fully saturated rings. The molecule has 0 saturated carbocycles. The van der Waals surface area contributed by atoms with Crippen LogP contribution in [0.3, 0.4) is 0 Å². The molecule has 1 aliphatic carbocycles. The molecule has 0 radical (unpaired) electrons. The van der Waals surface area contributed by atoms with Crippen LogP contribution in [0.1, 0.15) is 44.8 Å². The smallest absolute Gasteiger partial charge is 0.337 e. The lowest BCUT2D eigenvalue weighted by Gasteiger charge is -2.09. The van der Waals surface area contributed by atoms with Crippen LogP contribution in [-0.4, -0.2) is 19.3 Å². The molecule has 0 saturated heterocycles. The van der Waals surface area contributed by atoms with Gasteiger partial charge in [0, 0.05) is 11.1 Å². The number of rotatable bonds is 3. The maximum Gasteiger partial charge on any atom is 0.337 e. The third-order valence-electron chi connectivity index (χ3n) is 3.93. The average Bonchev–Trinajstić information content (AvgIpc) is 2.97. The maximum atomic E-state index is 11.4. The van der Waals surface area contributed by atoms with Crippen molar-refractivity contribution < 1.29 is 9.53 Å². The van der Waals surface area contributed by atoms with Gasteiger partial charge in [-0.1, -0.05) is 12.1 Å². The summed E-state index contributed by atoms with van der Waals surface area (Å²) in [5.41, 5.74) is 3.31. The normalized spacial score (nSPS) is 13.6. The minimum absolute atomic E-state index is 0.355. The van der Waals surface area contributed by atoms with Crippen LogP contribution < -0.4 is 0 Å². The number of aliphatic imine (C=N–C) groups is 1. The summed E-state index contributed by atoms with van der Waals surface area (Å²) in [6.45, 7) is 0. The van der Waals surface area contributed by atoms with Gasteiger partial charge in [-0.3, -0.25) is 0 Å². The summed E-state index contributed by atoms with van der Waals surface area (Å²) in [7, 11) is 1.36. The molecule has 1 aromatic heterocycles. The highest BCUT2D eigenvalue weighted by Crippen LogP contribution is 2.39. The van der Waals surface area contributed by atoms with Crippen LogP contribution >= 0.6 is 11.3 Å². The molecule has 0 bridgehead atoms. The van der Waals surface area contributed by atoms with Gasteiger partial charge in [0.15, 0.2) is 0 Å². The topological polar surface area (TPSA) is 62.4 Å². The van der Waals surface area contributed by atoms with E-state index in [9.17, 15) is 10.1 Å². The van der Waals surface area contributed by atoms with E-state index in [1.165, 1.54) is 24.0 Å². The number of hydrogen-bond acceptors (Lipinski definition) is 5. The molecule has 0 spiro atoms. The first-order valence-corrected chi connectivity index (χ1v) is 8.31. The lowest BCUT2D eigenvalue weighted by Crippen LogP contribution is -2.00. The quantitative estimate of drug-likeness (QED) is 0.632. The first-order chi connectivity index (χ1) is 11.2. The van der Waals surface area contributed by atoms with Gasteiger partial charge in [0.05, 0.1) is 18.2 Å². The molecule has 3 rings (SSSR count). The van der Waals surface area contributed by atoms with Crippen LogP contribution in [0.15, 0.2) is 29.3 Å². The zero-order chi connectivity index (χ0) is 16.2. The molecule has 116 valence electrons. The average molecular weight is 324 g/mol. The second-order valence-corrected chi connectivity index (χ2v) is 6.46. The van der Waals surface area contributed by atoms with Gasteiger partial charge < -0.3 is 4.74 Å². The van der Waals surface area contributed by atoms with Crippen LogP contribution in [0, 0.1) is 11.3 Å². The van der Waals surface area contributed by atoms with E-state index in [1.54, 1.807) is 29.7 Å². The molecule has 1 aromatic carbocycles. The highest BCUT2D eigenvalue weighted by atomic mass is 32.1. The van der Waals surface area contributed by atoms with Crippen LogP contribution in [-0.2, 0) is 17.6 Å². The molecule has 1 aliphatic rings. The summed E-state index contributed by atoms with van der Waals surface area (Å²) in [6, 6.07) is 9.35. The van der Waals surface area contributed by atoms with E-state index in [1.807, 2.05) is 12.1 Å². The Morgan fingerprint density at radius 2 is 2.04 bits per heavy atom. The van der Waals surface area contributed by atoms with E-state index in [0.29, 0.717) is 5.56 Å². The molecule has 5 heteroatoms. The summed E-state index contributed by atoms with van der Waals surface area (Å²) >= 11 is 1.62. The summed E-state index contributed by atoms with van der Waals surface area (Å²) < 4.78 is 4.68. The summed E-state index contributed by atoms with van der Waals surface area (Å²) in [4.78, 5) is 17.2. The van der Waals surface area contributed by atoms with Gasteiger partial charge >= 0.3 is 5.97 Å². The molecule has 0 atom stereocenters. The lowest BCUT2D eigenvalue weighted by molar-refractivity contribution is 0.0600. The van der Waals surface area contributed by atoms with Crippen molar-refractivity contribution >= 4 is 28.5 Å². The number of ether oxygens (including phenoxy) is 1. The third-order valence-corrected chi connectivity index (χ3v) is 5.13. The number of fused-ring (bicyclic) bond motifs is 1. The number of carbonyl (C=O) groups is 1. The van der Waals surface area contributed by atoms with Gasteiger partial charge in [-0.05, 0) is 48.9 Å². The molecule has 0 unspecified atom stereocenters. The fourth-order valence-electron chi connectivity index (χ4n) is 2.71. The number of nitriles is 1. The van der Waals surface area contributed by atoms with Crippen LogP contribution in [0.2, 0.25) is 0 Å². The van der Waals surface area contributed by atoms with E-state index in [-0.39, 0.29) is 5.97 Å². The van der Waals surface area contributed by atoms with Gasteiger partial charge in [-0.15, -0.1) is 11.3 Å². The van der Waals surface area contributed by atoms with Gasteiger partial charge in [0.2, 0.25) is 0 Å². The van der Waals surface area contributed by atoms with Crippen molar-refractivity contribution in [1.29, 1.82) is 5.26 Å². The Morgan fingerprint density at radius 1 is 1.30 bits per heavy atom. The van der Waals surface area contributed by atoms with Crippen molar-refractivity contribution in [3.05, 3.63) is 51.4 Å². The largest absolute Gasteiger partial charge is 0.465 e. The van der Waals surface area contributed by atoms with Gasteiger partial charge in [-0.25, -0.2) is 9.79 Å². The van der Waals surface area contributed by atoms with E-state index in [2.05, 4.69) is 15.8 Å². The molecule has 0 N–H and O–H groups in total. The highest BCUT2D eigenvalue weighted by molar-refractivity contribution is 7.16. The first-order valence-electron chi connectivity index (χ1n) is 7.50. The Bertz CT molecular complexity index is 798. The Balaban J connectivity index is 1.84. The standard InChI is InChI=1S/C18H16N2O2S/c1-22-18(21)13-8-6-12(7-9-13)11-20-17-15(10-19)14-4-2-3-5-16(14)23-17/h6-9,11H,2-5H2,1H3. The van der Waals surface area contributed by atoms with E-state index >= 15 is 0 Å². The van der Waals surface area contributed by atoms with Crippen molar-refractivity contribution in [3.8, 4) is 6.07 Å². The second kappa shape index (κ2) is 6.76. The number of carbonyl (C=O) groups excluding carboxylic acids is 1. The summed E-state index contributed by atoms with van der Waals surface area (Å²) in [5.74, 6) is -0.355. The molecular weight excluding hydrogens is 308 g/mol. The summed E-state index contributed by atoms with van der Waals surface area (Å²) in [5, 5.41) is 10.2. The number of esters is 1. The number of benzene rings is 1. The van der Waals surface area contributed by atoms with Gasteiger partial charge in [0.25, 0.3) is 0 Å². The number of hydrogen-bond donors (Lipinski definition) is 0. The molecule has 0 amide bonds. The van der Waals surface area contributed by atoms with E-state index < -0.39 is 0 Å². The summed E-state index contributed by atoms with van der Waals surface area (Å²) in [6.07, 6.45) is 6.11. The first kappa shape index (κ1) is 15.4. The second-order valence-electron chi connectivity index (χ2n) is 5.37. The molecule has 4 nitrogen and oxygen atoms in total. The Hall–Kier alpha value is -2.45. The zero-order valence-electron chi connectivity index (χ0n) is 12.8. The predicted molar refractivity (Wildman–Crippen MR) is 90.7 cm³/mol. The van der Waals surface area contributed by atoms with E-state index in [4.69, 9.17) is 0 Å². The van der Waals surface area contributed by atoms with Crippen molar-refractivity contribution in [2.45, 2.75) is 25.7 Å². The molecule has 2 aromatic rings. The number of thiophene rings is 1. The number of methoxy groups -OCH3 is 1. The highest BCUT2D eigenvalue weighted by Gasteiger charge is 2.20. The van der Waals surface area contributed by atoms with Gasteiger partial charge in [-0.2, -0.15) is 5.26 Å². The Kier molecular flexibility index (Phi) is 4.54. The zero-order valence-corrected chi connectivity index (χ0v) is 13.7. The SMILES string of the molecule is COC(=O)c1ccc(C=Nc2sc3c(c2C#N)CCCC3)cc1. The fraction of sp³-hybridized carbons (Fsp3) is 0.278. The number of nitrogens with zero attached hydrogens (tertiary/aromatic N) is 2. The third kappa shape index (κ3) is 3.17. The van der Waals surface area contributed by atoms with Crippen molar-refractivity contribution in [2.75, 3.05) is 7.11 Å². The van der Waals surface area contributed by atoms with Crippen molar-refractivity contribution in [1.82, 2.24) is 0 Å². The number of aryl methyl sites for hydroxylation is 1. The van der Waals surface area contributed by atoms with Crippen molar-refractivity contribution in [2.24, 2.45) is 4.99 Å². The van der Waals surface area contributed by atoms with Crippen LogP contribution in [0.4, 0.5) is 5.00 Å². The van der Waals surface area contributed by atoms with Gasteiger partial charge in [0.1, 0.15) is 11.1 Å². The monoisotopic (exact) mass is 324 g/mol. The lowest BCUT2D eigenvalue weighted by atomic mass is 9.96. The maximum absolute atomic E-state index is 11.4. The molecule has 23 heavy (non-hydrogen) atoms. The molecular formula is C18H16N2O2S. The van der Waals surface area contributed by atoms with Crippen molar-refractivity contribution in [3.63, 3.8) is 0 Å². The predicted octanol–water partition coefficient (Wildman–Crippen LogP) is 4.04. The Morgan fingerprint density at radius 3 is 2.74 bits per heavy atom. The van der Waals surface area contributed by atoms with Crippen LogP contribution in [0.5, 0.6) is 0 Å². The Labute approximate surface area is 139 Å². The molecule has 1 heterocycles.